The molecule has 4 rings (SSSR count). The van der Waals surface area contributed by atoms with Gasteiger partial charge < -0.3 is 9.15 Å². The number of nitrogens with zero attached hydrogens (tertiary/aromatic N) is 1. The van der Waals surface area contributed by atoms with Crippen molar-refractivity contribution in [3.63, 3.8) is 0 Å². The number of esters is 1. The van der Waals surface area contributed by atoms with Gasteiger partial charge in [-0.1, -0.05) is 35.9 Å². The van der Waals surface area contributed by atoms with Crippen molar-refractivity contribution in [2.24, 2.45) is 0 Å². The predicted octanol–water partition coefficient (Wildman–Crippen LogP) is 3.42. The first kappa shape index (κ1) is 20.8. The second-order valence-electron chi connectivity index (χ2n) is 6.99. The number of rotatable bonds is 5. The molecule has 0 aliphatic heterocycles. The maximum atomic E-state index is 12.7. The highest BCUT2D eigenvalue weighted by molar-refractivity contribution is 6.05. The van der Waals surface area contributed by atoms with E-state index in [1.165, 1.54) is 6.26 Å². The van der Waals surface area contributed by atoms with Gasteiger partial charge in [0.15, 0.2) is 12.4 Å². The Hall–Kier alpha value is -4.46. The smallest absolute Gasteiger partial charge is 0.339 e. The van der Waals surface area contributed by atoms with Crippen molar-refractivity contribution >= 4 is 28.7 Å². The lowest BCUT2D eigenvalue weighted by atomic mass is 10.1. The van der Waals surface area contributed by atoms with E-state index in [0.29, 0.717) is 27.9 Å². The molecule has 0 unspecified atom stereocenters. The van der Waals surface area contributed by atoms with Crippen molar-refractivity contribution in [2.75, 3.05) is 6.61 Å². The van der Waals surface area contributed by atoms with E-state index in [1.54, 1.807) is 66.7 Å². The number of carbonyl (C=O) groups excluding carboxylic acids is 3. The van der Waals surface area contributed by atoms with Crippen molar-refractivity contribution in [3.8, 4) is 11.5 Å². The third-order valence-electron chi connectivity index (χ3n) is 4.67. The van der Waals surface area contributed by atoms with E-state index >= 15 is 0 Å². The van der Waals surface area contributed by atoms with Crippen LogP contribution in [0, 0.1) is 6.92 Å². The van der Waals surface area contributed by atoms with E-state index in [1.807, 2.05) is 6.92 Å². The normalized spacial score (nSPS) is 10.5. The molecule has 0 bridgehead atoms. The van der Waals surface area contributed by atoms with Crippen LogP contribution in [0.1, 0.15) is 26.3 Å². The number of amides is 2. The number of aryl methyl sites for hydroxylation is 1. The number of carbonyl (C=O) groups is 3. The minimum atomic E-state index is -0.698. The third-order valence-corrected chi connectivity index (χ3v) is 4.67. The van der Waals surface area contributed by atoms with Gasteiger partial charge in [0.25, 0.3) is 11.8 Å². The lowest BCUT2D eigenvalue weighted by molar-refractivity contribution is -0.125. The quantitative estimate of drug-likeness (QED) is 0.372. The van der Waals surface area contributed by atoms with Crippen LogP contribution in [0.25, 0.3) is 22.4 Å². The van der Waals surface area contributed by atoms with Gasteiger partial charge in [0.05, 0.1) is 17.3 Å². The van der Waals surface area contributed by atoms with Gasteiger partial charge in [-0.15, -0.1) is 0 Å². The highest BCUT2D eigenvalue weighted by Gasteiger charge is 2.17. The first-order valence-electron chi connectivity index (χ1n) is 9.78. The second-order valence-corrected chi connectivity index (χ2v) is 6.99. The summed E-state index contributed by atoms with van der Waals surface area (Å²) in [4.78, 5) is 41.4. The molecule has 0 radical (unpaired) electrons. The zero-order valence-electron chi connectivity index (χ0n) is 17.1. The Morgan fingerprint density at radius 3 is 2.50 bits per heavy atom. The van der Waals surface area contributed by atoms with Gasteiger partial charge >= 0.3 is 5.97 Å². The Morgan fingerprint density at radius 2 is 1.75 bits per heavy atom. The molecule has 8 heteroatoms. The van der Waals surface area contributed by atoms with Crippen molar-refractivity contribution in [2.45, 2.75) is 6.92 Å². The summed E-state index contributed by atoms with van der Waals surface area (Å²) < 4.78 is 10.5. The Balaban J connectivity index is 1.42. The summed E-state index contributed by atoms with van der Waals surface area (Å²) >= 11 is 0. The lowest BCUT2D eigenvalue weighted by Crippen LogP contribution is -2.43. The molecule has 160 valence electrons. The number of furan rings is 1. The molecule has 2 amide bonds. The van der Waals surface area contributed by atoms with E-state index < -0.39 is 24.4 Å². The highest BCUT2D eigenvalue weighted by atomic mass is 16.5. The number of hydrogen-bond donors (Lipinski definition) is 2. The summed E-state index contributed by atoms with van der Waals surface area (Å²) in [5, 5.41) is 0.584. The number of aromatic nitrogens is 1. The molecule has 4 aromatic rings. The van der Waals surface area contributed by atoms with Crippen LogP contribution in [0.15, 0.2) is 77.4 Å². The Morgan fingerprint density at radius 1 is 0.969 bits per heavy atom. The summed E-state index contributed by atoms with van der Waals surface area (Å²) in [6, 6.07) is 19.0. The van der Waals surface area contributed by atoms with E-state index in [0.717, 1.165) is 5.56 Å². The minimum Gasteiger partial charge on any atom is -0.463 e. The van der Waals surface area contributed by atoms with E-state index in [2.05, 4.69) is 15.8 Å². The van der Waals surface area contributed by atoms with E-state index in [4.69, 9.17) is 9.15 Å². The molecule has 0 fully saturated rings. The molecule has 0 spiro atoms. The van der Waals surface area contributed by atoms with Crippen LogP contribution < -0.4 is 10.9 Å². The molecule has 0 aliphatic rings. The molecule has 2 N–H and O–H groups in total. The molecular formula is C24H19N3O5. The van der Waals surface area contributed by atoms with Gasteiger partial charge in [0, 0.05) is 10.9 Å². The number of benzene rings is 2. The van der Waals surface area contributed by atoms with Gasteiger partial charge in [0.2, 0.25) is 0 Å². The van der Waals surface area contributed by atoms with Crippen molar-refractivity contribution < 1.29 is 23.5 Å². The third kappa shape index (κ3) is 4.65. The molecule has 0 saturated carbocycles. The monoisotopic (exact) mass is 429 g/mol. The van der Waals surface area contributed by atoms with Crippen LogP contribution in [-0.4, -0.2) is 29.4 Å². The number of hydrogen-bond acceptors (Lipinski definition) is 6. The fraction of sp³-hybridized carbons (Fsp3) is 0.0833. The lowest BCUT2D eigenvalue weighted by Gasteiger charge is -2.10. The minimum absolute atomic E-state index is 0.249. The van der Waals surface area contributed by atoms with Gasteiger partial charge in [-0.05, 0) is 43.3 Å². The van der Waals surface area contributed by atoms with Gasteiger partial charge in [-0.2, -0.15) is 0 Å². The van der Waals surface area contributed by atoms with Crippen LogP contribution in [0.2, 0.25) is 0 Å². The van der Waals surface area contributed by atoms with E-state index in [9.17, 15) is 14.4 Å². The maximum absolute atomic E-state index is 12.7. The summed E-state index contributed by atoms with van der Waals surface area (Å²) in [7, 11) is 0. The molecule has 0 aliphatic carbocycles. The number of ether oxygens (including phenoxy) is 1. The average molecular weight is 429 g/mol. The molecule has 0 atom stereocenters. The topological polar surface area (TPSA) is 111 Å². The molecule has 8 nitrogen and oxygen atoms in total. The predicted molar refractivity (Wildman–Crippen MR) is 117 cm³/mol. The summed E-state index contributed by atoms with van der Waals surface area (Å²) in [5.41, 5.74) is 7.22. The summed E-state index contributed by atoms with van der Waals surface area (Å²) in [5.74, 6) is -1.35. The van der Waals surface area contributed by atoms with Crippen molar-refractivity contribution in [1.29, 1.82) is 0 Å². The fourth-order valence-corrected chi connectivity index (χ4v) is 3.04. The molecule has 0 saturated heterocycles. The Kier molecular flexibility index (Phi) is 5.94. The number of fused-ring (bicyclic) bond motifs is 1. The van der Waals surface area contributed by atoms with Crippen LogP contribution in [0.4, 0.5) is 0 Å². The number of nitrogens with one attached hydrogen (secondary N) is 2. The Bertz CT molecular complexity index is 1280. The first-order chi connectivity index (χ1) is 15.5. The molecular weight excluding hydrogens is 410 g/mol. The van der Waals surface area contributed by atoms with Gasteiger partial charge in [0.1, 0.15) is 5.69 Å². The SMILES string of the molecule is Cc1ccc(C(=O)NNC(=O)COC(=O)c2cc(-c3ccco3)nc3ccccc23)cc1. The summed E-state index contributed by atoms with van der Waals surface area (Å²) in [6.45, 7) is 1.33. The molecule has 2 aromatic heterocycles. The van der Waals surface area contributed by atoms with Crippen LogP contribution in [0.5, 0.6) is 0 Å². The van der Waals surface area contributed by atoms with Gasteiger partial charge in [-0.3, -0.25) is 20.4 Å². The molecule has 2 heterocycles. The van der Waals surface area contributed by atoms with Crippen LogP contribution in [-0.2, 0) is 9.53 Å². The number of pyridine rings is 1. The standard InChI is InChI=1S/C24H19N3O5/c1-15-8-10-16(11-9-15)23(29)27-26-22(28)14-32-24(30)18-13-20(21-7-4-12-31-21)25-19-6-3-2-5-17(18)19/h2-13H,14H2,1H3,(H,26,28)(H,27,29). The number of hydrazine groups is 1. The number of para-hydroxylation sites is 1. The highest BCUT2D eigenvalue weighted by Crippen LogP contribution is 2.25. The zero-order chi connectivity index (χ0) is 22.5. The molecule has 2 aromatic carbocycles. The van der Waals surface area contributed by atoms with Crippen molar-refractivity contribution in [1.82, 2.24) is 15.8 Å². The summed E-state index contributed by atoms with van der Waals surface area (Å²) in [6.07, 6.45) is 1.51. The fourth-order valence-electron chi connectivity index (χ4n) is 3.04. The zero-order valence-corrected chi connectivity index (χ0v) is 17.1. The van der Waals surface area contributed by atoms with Gasteiger partial charge in [-0.25, -0.2) is 9.78 Å². The molecule has 32 heavy (non-hydrogen) atoms. The largest absolute Gasteiger partial charge is 0.463 e. The maximum Gasteiger partial charge on any atom is 0.339 e. The second kappa shape index (κ2) is 9.13. The Labute approximate surface area is 183 Å². The van der Waals surface area contributed by atoms with Crippen LogP contribution >= 0.6 is 0 Å². The average Bonchev–Trinajstić information content (AvgIpc) is 3.36. The first-order valence-corrected chi connectivity index (χ1v) is 9.78. The van der Waals surface area contributed by atoms with Crippen LogP contribution in [0.3, 0.4) is 0 Å². The van der Waals surface area contributed by atoms with Crippen molar-refractivity contribution in [3.05, 3.63) is 89.7 Å². The van der Waals surface area contributed by atoms with E-state index in [-0.39, 0.29) is 5.56 Å².